The van der Waals surface area contributed by atoms with E-state index in [-0.39, 0.29) is 17.7 Å². The summed E-state index contributed by atoms with van der Waals surface area (Å²) in [4.78, 5) is 31.3. The molecule has 3 aliphatic rings. The van der Waals surface area contributed by atoms with Crippen LogP contribution in [0.5, 0.6) is 0 Å². The summed E-state index contributed by atoms with van der Waals surface area (Å²) in [5, 5.41) is 0. The van der Waals surface area contributed by atoms with Gasteiger partial charge >= 0.3 is 0 Å². The van der Waals surface area contributed by atoms with Crippen LogP contribution in [-0.4, -0.2) is 85.5 Å². The van der Waals surface area contributed by atoms with Gasteiger partial charge in [-0.25, -0.2) is 0 Å². The molecular formula is C18H31N3O3. The molecule has 3 rings (SSSR count). The molecule has 3 fully saturated rings. The van der Waals surface area contributed by atoms with Crippen LogP contribution in [0.3, 0.4) is 0 Å². The molecule has 3 aliphatic heterocycles. The van der Waals surface area contributed by atoms with Crippen molar-refractivity contribution in [3.63, 3.8) is 0 Å². The van der Waals surface area contributed by atoms with Crippen molar-refractivity contribution in [2.24, 2.45) is 11.8 Å². The highest BCUT2D eigenvalue weighted by atomic mass is 16.5. The van der Waals surface area contributed by atoms with Crippen LogP contribution in [-0.2, 0) is 14.3 Å². The summed E-state index contributed by atoms with van der Waals surface area (Å²) in [7, 11) is 0. The molecule has 0 bridgehead atoms. The Hall–Kier alpha value is -1.14. The maximum absolute atomic E-state index is 12.7. The number of piperidine rings is 2. The summed E-state index contributed by atoms with van der Waals surface area (Å²) in [6.45, 7) is 8.89. The van der Waals surface area contributed by atoms with Gasteiger partial charge in [0.05, 0.1) is 25.7 Å². The lowest BCUT2D eigenvalue weighted by molar-refractivity contribution is -0.143. The second kappa shape index (κ2) is 8.30. The summed E-state index contributed by atoms with van der Waals surface area (Å²) in [6.07, 6.45) is 4.18. The molecule has 6 heteroatoms. The Labute approximate surface area is 145 Å². The molecule has 0 aliphatic carbocycles. The van der Waals surface area contributed by atoms with Crippen molar-refractivity contribution in [3.05, 3.63) is 0 Å². The maximum atomic E-state index is 12.7. The Bertz CT molecular complexity index is 443. The van der Waals surface area contributed by atoms with Crippen molar-refractivity contribution in [1.29, 1.82) is 0 Å². The van der Waals surface area contributed by atoms with Gasteiger partial charge in [-0.2, -0.15) is 0 Å². The van der Waals surface area contributed by atoms with Gasteiger partial charge in [0.25, 0.3) is 0 Å². The number of ether oxygens (including phenoxy) is 1. The van der Waals surface area contributed by atoms with Crippen LogP contribution < -0.4 is 0 Å². The fraction of sp³-hybridized carbons (Fsp3) is 0.889. The summed E-state index contributed by atoms with van der Waals surface area (Å²) in [5.41, 5.74) is 0. The van der Waals surface area contributed by atoms with Gasteiger partial charge in [0, 0.05) is 32.7 Å². The summed E-state index contributed by atoms with van der Waals surface area (Å²) < 4.78 is 5.33. The predicted octanol–water partition coefficient (Wildman–Crippen LogP) is 0.816. The highest BCUT2D eigenvalue weighted by Crippen LogP contribution is 2.21. The van der Waals surface area contributed by atoms with Gasteiger partial charge in [0.15, 0.2) is 0 Å². The number of carbonyl (C=O) groups is 2. The Kier molecular flexibility index (Phi) is 6.11. The van der Waals surface area contributed by atoms with E-state index in [0.29, 0.717) is 32.8 Å². The molecular weight excluding hydrogens is 306 g/mol. The van der Waals surface area contributed by atoms with Crippen molar-refractivity contribution >= 4 is 11.8 Å². The summed E-state index contributed by atoms with van der Waals surface area (Å²) in [6, 6.07) is 0. The van der Waals surface area contributed by atoms with Crippen molar-refractivity contribution in [3.8, 4) is 0 Å². The van der Waals surface area contributed by atoms with Crippen molar-refractivity contribution in [2.45, 2.75) is 32.6 Å². The minimum absolute atomic E-state index is 0.0472. The third kappa shape index (κ3) is 4.48. The van der Waals surface area contributed by atoms with Crippen LogP contribution in [0.4, 0.5) is 0 Å². The monoisotopic (exact) mass is 337 g/mol. The highest BCUT2D eigenvalue weighted by Gasteiger charge is 2.31. The average molecular weight is 337 g/mol. The van der Waals surface area contributed by atoms with Crippen molar-refractivity contribution in [2.75, 3.05) is 59.0 Å². The van der Waals surface area contributed by atoms with E-state index in [1.807, 2.05) is 9.80 Å². The first kappa shape index (κ1) is 17.7. The molecule has 0 radical (unpaired) electrons. The average Bonchev–Trinajstić information content (AvgIpc) is 2.62. The highest BCUT2D eigenvalue weighted by molar-refractivity contribution is 5.80. The first-order valence-corrected chi connectivity index (χ1v) is 9.50. The molecule has 0 aromatic carbocycles. The van der Waals surface area contributed by atoms with Crippen LogP contribution in [0.25, 0.3) is 0 Å². The third-order valence-electron chi connectivity index (χ3n) is 5.67. The predicted molar refractivity (Wildman–Crippen MR) is 91.5 cm³/mol. The first-order chi connectivity index (χ1) is 11.6. The molecule has 24 heavy (non-hydrogen) atoms. The van der Waals surface area contributed by atoms with E-state index in [4.69, 9.17) is 4.74 Å². The molecule has 6 nitrogen and oxygen atoms in total. The molecule has 0 N–H and O–H groups in total. The largest absolute Gasteiger partial charge is 0.378 e. The molecule has 3 heterocycles. The number of hydrogen-bond acceptors (Lipinski definition) is 4. The lowest BCUT2D eigenvalue weighted by Crippen LogP contribution is -2.50. The van der Waals surface area contributed by atoms with Gasteiger partial charge in [-0.1, -0.05) is 6.92 Å². The number of nitrogens with zero attached hydrogens (tertiary/aromatic N) is 3. The second-order valence-electron chi connectivity index (χ2n) is 7.58. The van der Waals surface area contributed by atoms with Crippen molar-refractivity contribution in [1.82, 2.24) is 14.7 Å². The van der Waals surface area contributed by atoms with Gasteiger partial charge < -0.3 is 14.5 Å². The zero-order chi connectivity index (χ0) is 16.9. The van der Waals surface area contributed by atoms with E-state index in [1.165, 1.54) is 0 Å². The van der Waals surface area contributed by atoms with Crippen LogP contribution >= 0.6 is 0 Å². The van der Waals surface area contributed by atoms with E-state index in [1.54, 1.807) is 0 Å². The maximum Gasteiger partial charge on any atom is 0.236 e. The zero-order valence-corrected chi connectivity index (χ0v) is 14.9. The Morgan fingerprint density at radius 3 is 2.38 bits per heavy atom. The Balaban J connectivity index is 1.48. The molecule has 1 atom stereocenters. The Morgan fingerprint density at radius 2 is 1.67 bits per heavy atom. The molecule has 1 unspecified atom stereocenters. The SMILES string of the molecule is CC1CCN(C(=O)CN2CCCC(C(=O)N3CCOCC3)C2)CC1. The number of likely N-dealkylation sites (tertiary alicyclic amines) is 2. The van der Waals surface area contributed by atoms with E-state index < -0.39 is 0 Å². The van der Waals surface area contributed by atoms with E-state index in [9.17, 15) is 9.59 Å². The topological polar surface area (TPSA) is 53.1 Å². The minimum atomic E-state index is 0.0472. The van der Waals surface area contributed by atoms with E-state index >= 15 is 0 Å². The fourth-order valence-electron chi connectivity index (χ4n) is 3.99. The van der Waals surface area contributed by atoms with Crippen molar-refractivity contribution < 1.29 is 14.3 Å². The Morgan fingerprint density at radius 1 is 0.958 bits per heavy atom. The molecule has 2 amide bonds. The van der Waals surface area contributed by atoms with E-state index in [2.05, 4.69) is 11.8 Å². The standard InChI is InChI=1S/C18H31N3O3/c1-15-4-7-20(8-5-15)17(22)14-19-6-2-3-16(13-19)18(23)21-9-11-24-12-10-21/h15-16H,2-14H2,1H3. The van der Waals surface area contributed by atoms with Gasteiger partial charge in [0.1, 0.15) is 0 Å². The number of rotatable bonds is 3. The van der Waals surface area contributed by atoms with Gasteiger partial charge in [-0.15, -0.1) is 0 Å². The van der Waals surface area contributed by atoms with E-state index in [0.717, 1.165) is 57.8 Å². The normalized spacial score (nSPS) is 27.3. The van der Waals surface area contributed by atoms with Gasteiger partial charge in [-0.3, -0.25) is 14.5 Å². The smallest absolute Gasteiger partial charge is 0.236 e. The quantitative estimate of drug-likeness (QED) is 0.765. The molecule has 3 saturated heterocycles. The minimum Gasteiger partial charge on any atom is -0.378 e. The molecule has 0 spiro atoms. The lowest BCUT2D eigenvalue weighted by Gasteiger charge is -2.37. The molecule has 136 valence electrons. The summed E-state index contributed by atoms with van der Waals surface area (Å²) in [5.74, 6) is 1.27. The number of hydrogen-bond donors (Lipinski definition) is 0. The molecule has 0 aromatic rings. The van der Waals surface area contributed by atoms with Gasteiger partial charge in [-0.05, 0) is 38.1 Å². The van der Waals surface area contributed by atoms with Crippen LogP contribution in [0.2, 0.25) is 0 Å². The summed E-state index contributed by atoms with van der Waals surface area (Å²) >= 11 is 0. The number of carbonyl (C=O) groups excluding carboxylic acids is 2. The molecule has 0 aromatic heterocycles. The van der Waals surface area contributed by atoms with Crippen LogP contribution in [0.1, 0.15) is 32.6 Å². The van der Waals surface area contributed by atoms with Crippen LogP contribution in [0, 0.1) is 11.8 Å². The first-order valence-electron chi connectivity index (χ1n) is 9.50. The van der Waals surface area contributed by atoms with Crippen LogP contribution in [0.15, 0.2) is 0 Å². The second-order valence-corrected chi connectivity index (χ2v) is 7.58. The zero-order valence-electron chi connectivity index (χ0n) is 14.9. The third-order valence-corrected chi connectivity index (χ3v) is 5.67. The number of amides is 2. The number of morpholine rings is 1. The lowest BCUT2D eigenvalue weighted by atomic mass is 9.96. The fourth-order valence-corrected chi connectivity index (χ4v) is 3.99. The van der Waals surface area contributed by atoms with Gasteiger partial charge in [0.2, 0.25) is 11.8 Å². The molecule has 0 saturated carbocycles.